The van der Waals surface area contributed by atoms with Crippen LogP contribution in [-0.4, -0.2) is 30.7 Å². The molecule has 0 radical (unpaired) electrons. The summed E-state index contributed by atoms with van der Waals surface area (Å²) >= 11 is 6.05. The number of hydrogen-bond donors (Lipinski definition) is 2. The quantitative estimate of drug-likeness (QED) is 0.594. The fourth-order valence-electron chi connectivity index (χ4n) is 2.44. The van der Waals surface area contributed by atoms with E-state index in [1.54, 1.807) is 35.0 Å². The van der Waals surface area contributed by atoms with E-state index in [-0.39, 0.29) is 5.56 Å². The lowest BCUT2D eigenvalue weighted by Gasteiger charge is -2.09. The Morgan fingerprint density at radius 1 is 1.17 bits per heavy atom. The number of fused-ring (bicyclic) bond motifs is 3. The fraction of sp³-hybridized carbons (Fsp3) is 0. The molecule has 4 rings (SSSR count). The number of hydrogen-bond acceptors (Lipinski definition) is 5. The molecule has 8 heteroatoms. The molecule has 0 amide bonds. The number of rotatable bonds is 3. The van der Waals surface area contributed by atoms with E-state index in [1.807, 2.05) is 6.07 Å². The van der Waals surface area contributed by atoms with Gasteiger partial charge in [-0.1, -0.05) is 11.6 Å². The van der Waals surface area contributed by atoms with Crippen LogP contribution < -0.4 is 5.32 Å². The molecule has 4 aromatic rings. The first-order valence-electron chi connectivity index (χ1n) is 7.01. The van der Waals surface area contributed by atoms with E-state index in [0.717, 1.165) is 11.0 Å². The van der Waals surface area contributed by atoms with Gasteiger partial charge >= 0.3 is 5.97 Å². The van der Waals surface area contributed by atoms with Gasteiger partial charge in [0, 0.05) is 10.7 Å². The maximum atomic E-state index is 10.9. The van der Waals surface area contributed by atoms with Crippen LogP contribution in [0.4, 0.5) is 11.5 Å². The van der Waals surface area contributed by atoms with Gasteiger partial charge in [0.25, 0.3) is 0 Å². The van der Waals surface area contributed by atoms with Crippen LogP contribution in [0.25, 0.3) is 16.7 Å². The minimum atomic E-state index is -0.970. The van der Waals surface area contributed by atoms with Crippen LogP contribution in [-0.2, 0) is 0 Å². The molecule has 0 aliphatic heterocycles. The molecule has 118 valence electrons. The zero-order valence-corrected chi connectivity index (χ0v) is 12.9. The van der Waals surface area contributed by atoms with Gasteiger partial charge in [-0.15, -0.1) is 10.2 Å². The fourth-order valence-corrected chi connectivity index (χ4v) is 2.61. The Balaban J connectivity index is 1.82. The summed E-state index contributed by atoms with van der Waals surface area (Å²) in [6.45, 7) is 0. The number of anilines is 2. The second-order valence-corrected chi connectivity index (χ2v) is 5.56. The molecule has 0 saturated heterocycles. The topological polar surface area (TPSA) is 92.4 Å². The van der Waals surface area contributed by atoms with Gasteiger partial charge in [0.1, 0.15) is 6.33 Å². The number of carbonyl (C=O) groups is 1. The van der Waals surface area contributed by atoms with Gasteiger partial charge in [0.15, 0.2) is 5.82 Å². The lowest BCUT2D eigenvalue weighted by atomic mass is 10.2. The molecule has 24 heavy (non-hydrogen) atoms. The molecule has 0 spiro atoms. The van der Waals surface area contributed by atoms with Crippen LogP contribution in [0, 0.1) is 0 Å². The van der Waals surface area contributed by atoms with Gasteiger partial charge in [0.05, 0.1) is 16.6 Å². The van der Waals surface area contributed by atoms with E-state index in [9.17, 15) is 4.79 Å². The summed E-state index contributed by atoms with van der Waals surface area (Å²) in [5, 5.41) is 20.7. The molecule has 0 aliphatic carbocycles. The summed E-state index contributed by atoms with van der Waals surface area (Å²) in [5.41, 5.74) is 3.00. The first kappa shape index (κ1) is 14.4. The van der Waals surface area contributed by atoms with Crippen molar-refractivity contribution < 1.29 is 9.90 Å². The second kappa shape index (κ2) is 5.47. The van der Waals surface area contributed by atoms with Crippen LogP contribution in [0.5, 0.6) is 0 Å². The highest BCUT2D eigenvalue weighted by Crippen LogP contribution is 2.25. The number of halogens is 1. The smallest absolute Gasteiger partial charge is 0.335 e. The molecular formula is C16H10ClN5O2. The number of nitrogens with zero attached hydrogens (tertiary/aromatic N) is 4. The van der Waals surface area contributed by atoms with E-state index in [2.05, 4.69) is 20.5 Å². The van der Waals surface area contributed by atoms with Gasteiger partial charge in [0.2, 0.25) is 5.65 Å². The monoisotopic (exact) mass is 339 g/mol. The number of aromatic carboxylic acids is 1. The Bertz CT molecular complexity index is 1080. The summed E-state index contributed by atoms with van der Waals surface area (Å²) in [7, 11) is 0. The average Bonchev–Trinajstić information content (AvgIpc) is 3.06. The van der Waals surface area contributed by atoms with Crippen molar-refractivity contribution in [2.24, 2.45) is 0 Å². The van der Waals surface area contributed by atoms with Crippen molar-refractivity contribution in [3.05, 3.63) is 59.4 Å². The normalized spacial score (nSPS) is 11.0. The predicted octanol–water partition coefficient (Wildman–Crippen LogP) is 3.37. The lowest BCUT2D eigenvalue weighted by molar-refractivity contribution is 0.0697. The third-order valence-corrected chi connectivity index (χ3v) is 3.82. The number of benzene rings is 2. The Hall–Kier alpha value is -3.19. The summed E-state index contributed by atoms with van der Waals surface area (Å²) in [6.07, 6.45) is 1.59. The first-order chi connectivity index (χ1) is 11.6. The van der Waals surface area contributed by atoms with Crippen LogP contribution >= 0.6 is 11.6 Å². The zero-order valence-electron chi connectivity index (χ0n) is 12.1. The minimum Gasteiger partial charge on any atom is -0.478 e. The summed E-state index contributed by atoms with van der Waals surface area (Å²) in [6, 6.07) is 11.8. The third-order valence-electron chi connectivity index (χ3n) is 3.58. The van der Waals surface area contributed by atoms with E-state index in [0.29, 0.717) is 22.2 Å². The van der Waals surface area contributed by atoms with Crippen molar-refractivity contribution in [1.82, 2.24) is 19.6 Å². The molecule has 0 unspecified atom stereocenters. The van der Waals surface area contributed by atoms with E-state index in [1.165, 1.54) is 12.1 Å². The third kappa shape index (κ3) is 2.40. The Morgan fingerprint density at radius 3 is 2.71 bits per heavy atom. The molecule has 7 nitrogen and oxygen atoms in total. The molecule has 0 fully saturated rings. The van der Waals surface area contributed by atoms with E-state index in [4.69, 9.17) is 16.7 Å². The van der Waals surface area contributed by atoms with Crippen LogP contribution in [0.15, 0.2) is 48.8 Å². The van der Waals surface area contributed by atoms with Crippen molar-refractivity contribution in [2.75, 3.05) is 5.32 Å². The van der Waals surface area contributed by atoms with Gasteiger partial charge < -0.3 is 10.4 Å². The Kier molecular flexibility index (Phi) is 3.28. The van der Waals surface area contributed by atoms with Crippen LogP contribution in [0.2, 0.25) is 5.02 Å². The maximum Gasteiger partial charge on any atom is 0.335 e. The zero-order chi connectivity index (χ0) is 16.7. The second-order valence-electron chi connectivity index (χ2n) is 5.13. The molecule has 2 aromatic carbocycles. The van der Waals surface area contributed by atoms with Crippen molar-refractivity contribution in [2.45, 2.75) is 0 Å². The van der Waals surface area contributed by atoms with Gasteiger partial charge in [-0.3, -0.25) is 4.40 Å². The van der Waals surface area contributed by atoms with E-state index >= 15 is 0 Å². The number of carboxylic acids is 1. The van der Waals surface area contributed by atoms with Crippen molar-refractivity contribution >= 4 is 45.8 Å². The van der Waals surface area contributed by atoms with Crippen LogP contribution in [0.3, 0.4) is 0 Å². The molecular weight excluding hydrogens is 330 g/mol. The molecule has 2 N–H and O–H groups in total. The van der Waals surface area contributed by atoms with Crippen molar-refractivity contribution in [3.63, 3.8) is 0 Å². The minimum absolute atomic E-state index is 0.217. The molecule has 0 atom stereocenters. The molecule has 0 aliphatic rings. The van der Waals surface area contributed by atoms with Gasteiger partial charge in [-0.25, -0.2) is 9.78 Å². The SMILES string of the molecule is O=C(O)c1ccc(Nc2nc3ccc(Cl)cc3n3cnnc23)cc1. The van der Waals surface area contributed by atoms with Gasteiger partial charge in [-0.05, 0) is 42.5 Å². The molecule has 0 saturated carbocycles. The standard InChI is InChI=1S/C16H10ClN5O2/c17-10-3-6-12-13(7-10)22-8-18-21-15(22)14(20-12)19-11-4-1-9(2-5-11)16(23)24/h1-8H,(H,19,20)(H,23,24). The summed E-state index contributed by atoms with van der Waals surface area (Å²) in [4.78, 5) is 15.5. The Labute approximate surface area is 140 Å². The van der Waals surface area contributed by atoms with E-state index < -0.39 is 5.97 Å². The molecule has 2 aromatic heterocycles. The van der Waals surface area contributed by atoms with Crippen molar-refractivity contribution in [3.8, 4) is 0 Å². The molecule has 2 heterocycles. The average molecular weight is 340 g/mol. The number of carboxylic acid groups (broad SMARTS) is 1. The van der Waals surface area contributed by atoms with Crippen LogP contribution in [0.1, 0.15) is 10.4 Å². The predicted molar refractivity (Wildman–Crippen MR) is 90.0 cm³/mol. The lowest BCUT2D eigenvalue weighted by Crippen LogP contribution is -2.01. The maximum absolute atomic E-state index is 10.9. The van der Waals surface area contributed by atoms with Gasteiger partial charge in [-0.2, -0.15) is 0 Å². The largest absolute Gasteiger partial charge is 0.478 e. The summed E-state index contributed by atoms with van der Waals surface area (Å²) in [5.74, 6) is -0.451. The summed E-state index contributed by atoms with van der Waals surface area (Å²) < 4.78 is 1.79. The number of aromatic nitrogens is 4. The highest BCUT2D eigenvalue weighted by atomic mass is 35.5. The molecule has 0 bridgehead atoms. The first-order valence-corrected chi connectivity index (χ1v) is 7.39. The highest BCUT2D eigenvalue weighted by molar-refractivity contribution is 6.31. The number of nitrogens with one attached hydrogen (secondary N) is 1. The van der Waals surface area contributed by atoms with Crippen molar-refractivity contribution in [1.29, 1.82) is 0 Å². The highest BCUT2D eigenvalue weighted by Gasteiger charge is 2.11. The Morgan fingerprint density at radius 2 is 1.96 bits per heavy atom.